The number of carbonyl (C=O) groups excluding carboxylic acids is 1. The zero-order chi connectivity index (χ0) is 20.5. The molecule has 2 aromatic rings. The lowest BCUT2D eigenvalue weighted by atomic mass is 10.2. The Hall–Kier alpha value is -2.48. The topological polar surface area (TPSA) is 54.0 Å². The van der Waals surface area contributed by atoms with Crippen molar-refractivity contribution in [1.82, 2.24) is 15.1 Å². The number of carbonyl (C=O) groups is 1. The molecule has 1 heterocycles. The first-order valence-corrected chi connectivity index (χ1v) is 10.1. The summed E-state index contributed by atoms with van der Waals surface area (Å²) in [5.74, 6) is 0.501. The molecule has 7 heteroatoms. The van der Waals surface area contributed by atoms with Gasteiger partial charge in [-0.15, -0.1) is 0 Å². The van der Waals surface area contributed by atoms with E-state index in [0.29, 0.717) is 29.6 Å². The summed E-state index contributed by atoms with van der Waals surface area (Å²) in [6, 6.07) is 17.5. The molecule has 0 aromatic heterocycles. The molecule has 1 fully saturated rings. The maximum absolute atomic E-state index is 12.5. The zero-order valence-electron chi connectivity index (χ0n) is 16.7. The maximum atomic E-state index is 12.5. The van der Waals surface area contributed by atoms with Crippen molar-refractivity contribution >= 4 is 23.2 Å². The van der Waals surface area contributed by atoms with Gasteiger partial charge < -0.3 is 14.4 Å². The van der Waals surface area contributed by atoms with E-state index in [1.54, 1.807) is 31.4 Å². The van der Waals surface area contributed by atoms with Gasteiger partial charge >= 0.3 is 0 Å². The minimum Gasteiger partial charge on any atom is -0.491 e. The molecule has 1 saturated heterocycles. The highest BCUT2D eigenvalue weighted by molar-refractivity contribution is 7.80. The molecule has 1 aliphatic heterocycles. The number of nitrogens with zero attached hydrogens (tertiary/aromatic N) is 2. The molecule has 0 radical (unpaired) electrons. The van der Waals surface area contributed by atoms with E-state index in [2.05, 4.69) is 39.4 Å². The lowest BCUT2D eigenvalue weighted by molar-refractivity contribution is 0.0969. The fraction of sp³-hybridized carbons (Fsp3) is 0.364. The molecule has 0 unspecified atom stereocenters. The number of benzene rings is 2. The second-order valence-electron chi connectivity index (χ2n) is 6.87. The van der Waals surface area contributed by atoms with Crippen LogP contribution in [0.15, 0.2) is 54.6 Å². The lowest BCUT2D eigenvalue weighted by Gasteiger charge is -2.36. The maximum Gasteiger partial charge on any atom is 0.257 e. The van der Waals surface area contributed by atoms with Crippen molar-refractivity contribution in [2.24, 2.45) is 0 Å². The molecule has 1 aliphatic rings. The van der Waals surface area contributed by atoms with Crippen LogP contribution in [-0.4, -0.2) is 67.3 Å². The molecule has 3 rings (SSSR count). The van der Waals surface area contributed by atoms with Crippen LogP contribution in [0.3, 0.4) is 0 Å². The second-order valence-corrected chi connectivity index (χ2v) is 7.26. The van der Waals surface area contributed by atoms with Gasteiger partial charge in [0.25, 0.3) is 5.91 Å². The average molecular weight is 414 g/mol. The van der Waals surface area contributed by atoms with E-state index < -0.39 is 0 Å². The third kappa shape index (κ3) is 6.52. The highest BCUT2D eigenvalue weighted by atomic mass is 32.1. The fourth-order valence-corrected chi connectivity index (χ4v) is 3.42. The van der Waals surface area contributed by atoms with Crippen molar-refractivity contribution in [3.05, 3.63) is 65.7 Å². The standard InChI is InChI=1S/C22H27N3O3S/c1-27-15-16-28-20-9-7-19(8-10-20)21(26)23-22(29)25-13-11-24(12-14-25)17-18-5-3-2-4-6-18/h2-10H,11-17H2,1H3,(H,23,26,29). The van der Waals surface area contributed by atoms with Crippen LogP contribution in [0.25, 0.3) is 0 Å². The Morgan fingerprint density at radius 1 is 1.00 bits per heavy atom. The number of nitrogens with one attached hydrogen (secondary N) is 1. The predicted octanol–water partition coefficient (Wildman–Crippen LogP) is 2.54. The minimum atomic E-state index is -0.204. The normalized spacial score (nSPS) is 14.4. The highest BCUT2D eigenvalue weighted by Crippen LogP contribution is 2.13. The Labute approximate surface area is 177 Å². The number of thiocarbonyl (C=S) groups is 1. The summed E-state index contributed by atoms with van der Waals surface area (Å²) >= 11 is 5.45. The number of hydrogen-bond donors (Lipinski definition) is 1. The molecule has 1 amide bonds. The Morgan fingerprint density at radius 3 is 2.34 bits per heavy atom. The van der Waals surface area contributed by atoms with E-state index in [4.69, 9.17) is 21.7 Å². The molecule has 0 bridgehead atoms. The van der Waals surface area contributed by atoms with Crippen LogP contribution in [0.2, 0.25) is 0 Å². The summed E-state index contributed by atoms with van der Waals surface area (Å²) in [6.07, 6.45) is 0. The van der Waals surface area contributed by atoms with E-state index in [1.165, 1.54) is 5.56 Å². The van der Waals surface area contributed by atoms with Crippen molar-refractivity contribution in [2.75, 3.05) is 46.5 Å². The molecular weight excluding hydrogens is 386 g/mol. The fourth-order valence-electron chi connectivity index (χ4n) is 3.14. The molecule has 1 N–H and O–H groups in total. The van der Waals surface area contributed by atoms with Crippen LogP contribution < -0.4 is 10.1 Å². The van der Waals surface area contributed by atoms with Crippen LogP contribution >= 0.6 is 12.2 Å². The molecular formula is C22H27N3O3S. The summed E-state index contributed by atoms with van der Waals surface area (Å²) in [4.78, 5) is 16.9. The molecule has 0 atom stereocenters. The number of methoxy groups -OCH3 is 1. The first-order chi connectivity index (χ1) is 14.2. The Kier molecular flexibility index (Phi) is 7.98. The van der Waals surface area contributed by atoms with Gasteiger partial charge in [0.05, 0.1) is 6.61 Å². The summed E-state index contributed by atoms with van der Waals surface area (Å²) < 4.78 is 10.5. The Balaban J connectivity index is 1.43. The molecule has 2 aromatic carbocycles. The van der Waals surface area contributed by atoms with Crippen molar-refractivity contribution in [2.45, 2.75) is 6.54 Å². The van der Waals surface area contributed by atoms with Gasteiger partial charge in [-0.25, -0.2) is 0 Å². The van der Waals surface area contributed by atoms with E-state index >= 15 is 0 Å². The van der Waals surface area contributed by atoms with Gasteiger partial charge in [-0.1, -0.05) is 30.3 Å². The second kappa shape index (κ2) is 10.9. The average Bonchev–Trinajstić information content (AvgIpc) is 2.75. The first kappa shape index (κ1) is 21.2. The Bertz CT molecular complexity index is 791. The summed E-state index contributed by atoms with van der Waals surface area (Å²) in [6.45, 7) is 5.37. The van der Waals surface area contributed by atoms with Crippen LogP contribution in [0.1, 0.15) is 15.9 Å². The third-order valence-electron chi connectivity index (χ3n) is 4.80. The molecule has 29 heavy (non-hydrogen) atoms. The van der Waals surface area contributed by atoms with E-state index in [1.807, 2.05) is 6.07 Å². The molecule has 0 saturated carbocycles. The first-order valence-electron chi connectivity index (χ1n) is 9.74. The van der Waals surface area contributed by atoms with Gasteiger partial charge in [-0.3, -0.25) is 15.0 Å². The van der Waals surface area contributed by atoms with Crippen molar-refractivity contribution in [3.8, 4) is 5.75 Å². The van der Waals surface area contributed by atoms with Crippen LogP contribution in [0.5, 0.6) is 5.75 Å². The van der Waals surface area contributed by atoms with Crippen LogP contribution in [-0.2, 0) is 11.3 Å². The number of amides is 1. The van der Waals surface area contributed by atoms with Crippen molar-refractivity contribution in [1.29, 1.82) is 0 Å². The van der Waals surface area contributed by atoms with Crippen molar-refractivity contribution < 1.29 is 14.3 Å². The van der Waals surface area contributed by atoms with Crippen LogP contribution in [0, 0.1) is 0 Å². The van der Waals surface area contributed by atoms with E-state index in [-0.39, 0.29) is 5.91 Å². The predicted molar refractivity (Wildman–Crippen MR) is 117 cm³/mol. The third-order valence-corrected chi connectivity index (χ3v) is 5.16. The molecule has 154 valence electrons. The van der Waals surface area contributed by atoms with Gasteiger partial charge in [-0.05, 0) is 42.0 Å². The van der Waals surface area contributed by atoms with Crippen molar-refractivity contribution in [3.63, 3.8) is 0 Å². The SMILES string of the molecule is COCCOc1ccc(C(=O)NC(=S)N2CCN(Cc3ccccc3)CC2)cc1. The van der Waals surface area contributed by atoms with Gasteiger partial charge in [0.1, 0.15) is 12.4 Å². The van der Waals surface area contributed by atoms with Gasteiger partial charge in [0.15, 0.2) is 5.11 Å². The van der Waals surface area contributed by atoms with Crippen LogP contribution in [0.4, 0.5) is 0 Å². The minimum absolute atomic E-state index is 0.204. The van der Waals surface area contributed by atoms with Gasteiger partial charge in [0.2, 0.25) is 0 Å². The smallest absolute Gasteiger partial charge is 0.257 e. The number of ether oxygens (including phenoxy) is 2. The largest absolute Gasteiger partial charge is 0.491 e. The highest BCUT2D eigenvalue weighted by Gasteiger charge is 2.20. The zero-order valence-corrected chi connectivity index (χ0v) is 17.5. The monoisotopic (exact) mass is 413 g/mol. The summed E-state index contributed by atoms with van der Waals surface area (Å²) in [5.41, 5.74) is 1.86. The Morgan fingerprint density at radius 2 is 1.69 bits per heavy atom. The summed E-state index contributed by atoms with van der Waals surface area (Å²) in [7, 11) is 1.63. The quantitative estimate of drug-likeness (QED) is 0.556. The number of piperazine rings is 1. The van der Waals surface area contributed by atoms with E-state index in [9.17, 15) is 4.79 Å². The van der Waals surface area contributed by atoms with Gasteiger partial charge in [-0.2, -0.15) is 0 Å². The lowest BCUT2D eigenvalue weighted by Crippen LogP contribution is -2.52. The molecule has 0 spiro atoms. The van der Waals surface area contributed by atoms with Gasteiger partial charge in [0, 0.05) is 45.4 Å². The molecule has 6 nitrogen and oxygen atoms in total. The van der Waals surface area contributed by atoms with E-state index in [0.717, 1.165) is 32.7 Å². The number of hydrogen-bond acceptors (Lipinski definition) is 5. The molecule has 0 aliphatic carbocycles. The number of rotatable bonds is 7. The summed E-state index contributed by atoms with van der Waals surface area (Å²) in [5, 5.41) is 3.32.